The van der Waals surface area contributed by atoms with E-state index in [1.165, 1.54) is 4.31 Å². The molecule has 0 amide bonds. The van der Waals surface area contributed by atoms with Gasteiger partial charge in [0.05, 0.1) is 18.6 Å². The van der Waals surface area contributed by atoms with Gasteiger partial charge in [-0.2, -0.15) is 4.31 Å². The third-order valence-electron chi connectivity index (χ3n) is 4.41. The molecule has 0 aliphatic carbocycles. The quantitative estimate of drug-likeness (QED) is 0.931. The second-order valence-electron chi connectivity index (χ2n) is 5.82. The average molecular weight is 335 g/mol. The smallest absolute Gasteiger partial charge is 0.243 e. The fourth-order valence-electron chi connectivity index (χ4n) is 3.10. The molecule has 23 heavy (non-hydrogen) atoms. The summed E-state index contributed by atoms with van der Waals surface area (Å²) in [6.07, 6.45) is 2.50. The summed E-state index contributed by atoms with van der Waals surface area (Å²) in [6.45, 7) is 0.332. The van der Waals surface area contributed by atoms with Gasteiger partial charge in [-0.25, -0.2) is 8.42 Å². The Morgan fingerprint density at radius 2 is 1.91 bits per heavy atom. The number of piperidine rings is 1. The number of methoxy groups -OCH3 is 1. The summed E-state index contributed by atoms with van der Waals surface area (Å²) in [5.41, 5.74) is 0. The fraction of sp³-hybridized carbons (Fsp3) is 0.412. The standard InChI is InChI=1S/C17H21NO4S/c1-22-16-7-5-14-11-17(8-6-13(14)10-16)23(20,21)18-9-3-2-4-15(18)12-19/h5-8,10-11,15,19H,2-4,9,12H2,1H3. The Morgan fingerprint density at radius 1 is 1.17 bits per heavy atom. The van der Waals surface area contributed by atoms with Crippen LogP contribution < -0.4 is 4.74 Å². The molecule has 0 saturated carbocycles. The normalized spacial score (nSPS) is 19.8. The number of aliphatic hydroxyl groups excluding tert-OH is 1. The molecule has 0 aromatic heterocycles. The molecule has 1 unspecified atom stereocenters. The molecule has 124 valence electrons. The maximum atomic E-state index is 12.9. The second kappa shape index (κ2) is 6.47. The predicted molar refractivity (Wildman–Crippen MR) is 89.1 cm³/mol. The molecule has 1 atom stereocenters. The molecule has 0 radical (unpaired) electrons. The SMILES string of the molecule is COc1ccc2cc(S(=O)(=O)N3CCCCC3CO)ccc2c1. The Labute approximate surface area is 136 Å². The van der Waals surface area contributed by atoms with Crippen LogP contribution in [0.3, 0.4) is 0 Å². The van der Waals surface area contributed by atoms with Gasteiger partial charge in [0.15, 0.2) is 0 Å². The van der Waals surface area contributed by atoms with Crippen molar-refractivity contribution in [1.29, 1.82) is 0 Å². The lowest BCUT2D eigenvalue weighted by molar-refractivity contribution is 0.155. The van der Waals surface area contributed by atoms with E-state index in [2.05, 4.69) is 0 Å². The third-order valence-corrected chi connectivity index (χ3v) is 6.36. The van der Waals surface area contributed by atoms with Crippen molar-refractivity contribution in [3.05, 3.63) is 36.4 Å². The first-order chi connectivity index (χ1) is 11.1. The van der Waals surface area contributed by atoms with E-state index in [9.17, 15) is 13.5 Å². The van der Waals surface area contributed by atoms with Crippen molar-refractivity contribution in [3.63, 3.8) is 0 Å². The molecule has 1 heterocycles. The number of benzene rings is 2. The first kappa shape index (κ1) is 16.2. The van der Waals surface area contributed by atoms with Crippen LogP contribution in [0.15, 0.2) is 41.3 Å². The van der Waals surface area contributed by atoms with E-state index in [1.54, 1.807) is 25.3 Å². The topological polar surface area (TPSA) is 66.8 Å². The lowest BCUT2D eigenvalue weighted by Crippen LogP contribution is -2.45. The molecule has 2 aromatic rings. The molecule has 0 bridgehead atoms. The van der Waals surface area contributed by atoms with Crippen molar-refractivity contribution in [2.75, 3.05) is 20.3 Å². The summed E-state index contributed by atoms with van der Waals surface area (Å²) in [5, 5.41) is 11.3. The predicted octanol–water partition coefficient (Wildman–Crippen LogP) is 2.38. The number of fused-ring (bicyclic) bond motifs is 1. The van der Waals surface area contributed by atoms with Gasteiger partial charge in [0.25, 0.3) is 0 Å². The van der Waals surface area contributed by atoms with Crippen LogP contribution in [0.25, 0.3) is 10.8 Å². The Bertz CT molecular complexity index is 803. The number of rotatable bonds is 4. The molecule has 1 fully saturated rings. The zero-order valence-electron chi connectivity index (χ0n) is 13.1. The molecule has 3 rings (SSSR count). The van der Waals surface area contributed by atoms with Gasteiger partial charge < -0.3 is 9.84 Å². The average Bonchev–Trinajstić information content (AvgIpc) is 2.60. The van der Waals surface area contributed by atoms with Gasteiger partial charge in [-0.05, 0) is 47.9 Å². The summed E-state index contributed by atoms with van der Waals surface area (Å²) in [4.78, 5) is 0.274. The first-order valence-corrected chi connectivity index (χ1v) is 9.21. The van der Waals surface area contributed by atoms with E-state index in [1.807, 2.05) is 18.2 Å². The summed E-state index contributed by atoms with van der Waals surface area (Å²) in [6, 6.07) is 10.3. The van der Waals surface area contributed by atoms with Crippen LogP contribution in [0, 0.1) is 0 Å². The highest BCUT2D eigenvalue weighted by atomic mass is 32.2. The maximum Gasteiger partial charge on any atom is 0.243 e. The van der Waals surface area contributed by atoms with Gasteiger partial charge >= 0.3 is 0 Å². The first-order valence-electron chi connectivity index (χ1n) is 7.77. The zero-order chi connectivity index (χ0) is 16.4. The van der Waals surface area contributed by atoms with Gasteiger partial charge in [-0.15, -0.1) is 0 Å². The van der Waals surface area contributed by atoms with Crippen LogP contribution in [-0.2, 0) is 10.0 Å². The van der Waals surface area contributed by atoms with E-state index in [4.69, 9.17) is 4.74 Å². The number of ether oxygens (including phenoxy) is 1. The van der Waals surface area contributed by atoms with Crippen molar-refractivity contribution in [2.45, 2.75) is 30.2 Å². The molecule has 1 saturated heterocycles. The summed E-state index contributed by atoms with van der Waals surface area (Å²) in [5.74, 6) is 0.740. The van der Waals surface area contributed by atoms with Crippen molar-refractivity contribution in [3.8, 4) is 5.75 Å². The third kappa shape index (κ3) is 3.06. The fourth-order valence-corrected chi connectivity index (χ4v) is 4.82. The van der Waals surface area contributed by atoms with Crippen LogP contribution in [0.2, 0.25) is 0 Å². The minimum absolute atomic E-state index is 0.135. The second-order valence-corrected chi connectivity index (χ2v) is 7.71. The minimum Gasteiger partial charge on any atom is -0.497 e. The number of sulfonamides is 1. The Morgan fingerprint density at radius 3 is 2.65 bits per heavy atom. The van der Waals surface area contributed by atoms with Crippen molar-refractivity contribution in [2.24, 2.45) is 0 Å². The number of hydrogen-bond donors (Lipinski definition) is 1. The van der Waals surface area contributed by atoms with Crippen molar-refractivity contribution >= 4 is 20.8 Å². The van der Waals surface area contributed by atoms with Crippen molar-refractivity contribution < 1.29 is 18.3 Å². The lowest BCUT2D eigenvalue weighted by atomic mass is 10.1. The van der Waals surface area contributed by atoms with E-state index < -0.39 is 10.0 Å². The van der Waals surface area contributed by atoms with E-state index in [0.717, 1.165) is 29.4 Å². The zero-order valence-corrected chi connectivity index (χ0v) is 13.9. The summed E-state index contributed by atoms with van der Waals surface area (Å²) >= 11 is 0. The van der Waals surface area contributed by atoms with Crippen LogP contribution in [0.4, 0.5) is 0 Å². The van der Waals surface area contributed by atoms with Gasteiger partial charge in [0.2, 0.25) is 10.0 Å². The molecular weight excluding hydrogens is 314 g/mol. The van der Waals surface area contributed by atoms with E-state index >= 15 is 0 Å². The Hall–Kier alpha value is -1.63. The summed E-state index contributed by atoms with van der Waals surface area (Å²) in [7, 11) is -1.99. The van der Waals surface area contributed by atoms with E-state index in [0.29, 0.717) is 13.0 Å². The maximum absolute atomic E-state index is 12.9. The van der Waals surface area contributed by atoms with Crippen LogP contribution in [0.5, 0.6) is 5.75 Å². The van der Waals surface area contributed by atoms with Gasteiger partial charge in [-0.3, -0.25) is 0 Å². The molecular formula is C17H21NO4S. The van der Waals surface area contributed by atoms with Crippen LogP contribution >= 0.6 is 0 Å². The monoisotopic (exact) mass is 335 g/mol. The largest absolute Gasteiger partial charge is 0.497 e. The molecule has 0 spiro atoms. The minimum atomic E-state index is -3.59. The Kier molecular flexibility index (Phi) is 4.57. The van der Waals surface area contributed by atoms with E-state index in [-0.39, 0.29) is 17.5 Å². The Balaban J connectivity index is 2.00. The van der Waals surface area contributed by atoms with Crippen LogP contribution in [-0.4, -0.2) is 44.1 Å². The highest BCUT2D eigenvalue weighted by Crippen LogP contribution is 2.28. The lowest BCUT2D eigenvalue weighted by Gasteiger charge is -2.33. The number of aliphatic hydroxyl groups is 1. The van der Waals surface area contributed by atoms with Crippen LogP contribution in [0.1, 0.15) is 19.3 Å². The van der Waals surface area contributed by atoms with Gasteiger partial charge in [0, 0.05) is 12.6 Å². The number of hydrogen-bond acceptors (Lipinski definition) is 4. The molecule has 1 aliphatic heterocycles. The molecule has 1 aliphatic rings. The van der Waals surface area contributed by atoms with Crippen molar-refractivity contribution in [1.82, 2.24) is 4.31 Å². The highest BCUT2D eigenvalue weighted by molar-refractivity contribution is 7.89. The molecule has 2 aromatic carbocycles. The van der Waals surface area contributed by atoms with Gasteiger partial charge in [0.1, 0.15) is 5.75 Å². The molecule has 1 N–H and O–H groups in total. The summed E-state index contributed by atoms with van der Waals surface area (Å²) < 4.78 is 32.5. The van der Waals surface area contributed by atoms with Gasteiger partial charge in [-0.1, -0.05) is 18.6 Å². The molecule has 5 nitrogen and oxygen atoms in total. The number of nitrogens with zero attached hydrogens (tertiary/aromatic N) is 1. The molecule has 6 heteroatoms. The highest BCUT2D eigenvalue weighted by Gasteiger charge is 2.33.